The van der Waals surface area contributed by atoms with Crippen molar-refractivity contribution in [2.45, 2.75) is 39.2 Å². The van der Waals surface area contributed by atoms with Crippen LogP contribution < -0.4 is 5.32 Å². The third-order valence-electron chi connectivity index (χ3n) is 2.68. The number of carbonyl (C=O) groups is 2. The molecule has 0 amide bonds. The Balaban J connectivity index is 2.62. The molecule has 0 bridgehead atoms. The maximum Gasteiger partial charge on any atom is 0.307 e. The second-order valence-electron chi connectivity index (χ2n) is 4.21. The van der Waals surface area contributed by atoms with Crippen LogP contribution in [-0.2, 0) is 9.53 Å². The van der Waals surface area contributed by atoms with Crippen LogP contribution in [0.25, 0.3) is 0 Å². The van der Waals surface area contributed by atoms with E-state index in [0.29, 0.717) is 11.5 Å². The van der Waals surface area contributed by atoms with Gasteiger partial charge in [0.15, 0.2) is 5.78 Å². The molecule has 0 radical (unpaired) electrons. The third-order valence-corrected chi connectivity index (χ3v) is 3.56. The lowest BCUT2D eigenvalue weighted by molar-refractivity contribution is -0.143. The van der Waals surface area contributed by atoms with Gasteiger partial charge in [-0.1, -0.05) is 19.4 Å². The molecule has 1 aromatic rings. The lowest BCUT2D eigenvalue weighted by atomic mass is 10.1. The van der Waals surface area contributed by atoms with Crippen molar-refractivity contribution in [2.24, 2.45) is 0 Å². The van der Waals surface area contributed by atoms with Crippen LogP contribution in [0.5, 0.6) is 0 Å². The number of esters is 1. The number of Topliss-reactive ketones (excluding diaryl/α,β-unsaturated/α-hetero) is 1. The summed E-state index contributed by atoms with van der Waals surface area (Å²) in [6.07, 6.45) is 2.12. The molecule has 19 heavy (non-hydrogen) atoms. The zero-order chi connectivity index (χ0) is 14.1. The minimum Gasteiger partial charge on any atom is -0.466 e. The van der Waals surface area contributed by atoms with Crippen molar-refractivity contribution < 1.29 is 14.3 Å². The van der Waals surface area contributed by atoms with E-state index in [0.717, 1.165) is 19.4 Å². The Hall–Kier alpha value is -1.20. The number of ketones is 1. The van der Waals surface area contributed by atoms with E-state index in [1.54, 1.807) is 13.0 Å². The Morgan fingerprint density at radius 3 is 2.79 bits per heavy atom. The largest absolute Gasteiger partial charge is 0.466 e. The molecule has 1 aromatic heterocycles. The summed E-state index contributed by atoms with van der Waals surface area (Å²) in [7, 11) is 0. The average molecular weight is 283 g/mol. The minimum atomic E-state index is -0.482. The molecule has 0 aliphatic heterocycles. The van der Waals surface area contributed by atoms with E-state index in [1.807, 2.05) is 11.4 Å². The topological polar surface area (TPSA) is 55.4 Å². The monoisotopic (exact) mass is 283 g/mol. The van der Waals surface area contributed by atoms with Crippen molar-refractivity contribution in [3.8, 4) is 0 Å². The molecule has 106 valence electrons. The van der Waals surface area contributed by atoms with Gasteiger partial charge in [0, 0.05) is 0 Å². The first kappa shape index (κ1) is 15.9. The first-order valence-electron chi connectivity index (χ1n) is 6.65. The summed E-state index contributed by atoms with van der Waals surface area (Å²) in [6.45, 7) is 4.92. The molecule has 0 aliphatic rings. The number of nitrogens with one attached hydrogen (secondary N) is 1. The average Bonchev–Trinajstić information content (AvgIpc) is 2.91. The SMILES string of the molecule is CCCCNC(CC(=O)OCC)C(=O)c1cccs1. The molecule has 5 heteroatoms. The molecule has 1 N–H and O–H groups in total. The van der Waals surface area contributed by atoms with E-state index >= 15 is 0 Å². The number of hydrogen-bond acceptors (Lipinski definition) is 5. The van der Waals surface area contributed by atoms with E-state index in [1.165, 1.54) is 11.3 Å². The van der Waals surface area contributed by atoms with Crippen LogP contribution in [0.15, 0.2) is 17.5 Å². The van der Waals surface area contributed by atoms with Gasteiger partial charge in [0.1, 0.15) is 0 Å². The summed E-state index contributed by atoms with van der Waals surface area (Å²) < 4.78 is 4.92. The van der Waals surface area contributed by atoms with Crippen LogP contribution in [0.4, 0.5) is 0 Å². The molecule has 1 heterocycles. The first-order chi connectivity index (χ1) is 9.19. The zero-order valence-corrected chi connectivity index (χ0v) is 12.3. The van der Waals surface area contributed by atoms with Gasteiger partial charge < -0.3 is 10.1 Å². The fourth-order valence-corrected chi connectivity index (χ4v) is 2.41. The highest BCUT2D eigenvalue weighted by molar-refractivity contribution is 7.12. The summed E-state index contributed by atoms with van der Waals surface area (Å²) >= 11 is 1.40. The Morgan fingerprint density at radius 1 is 1.42 bits per heavy atom. The van der Waals surface area contributed by atoms with Gasteiger partial charge >= 0.3 is 5.97 Å². The second kappa shape index (κ2) is 8.82. The maximum absolute atomic E-state index is 12.3. The second-order valence-corrected chi connectivity index (χ2v) is 5.16. The van der Waals surface area contributed by atoms with Gasteiger partial charge in [-0.2, -0.15) is 0 Å². The zero-order valence-electron chi connectivity index (χ0n) is 11.5. The van der Waals surface area contributed by atoms with Crippen LogP contribution in [0.1, 0.15) is 42.8 Å². The van der Waals surface area contributed by atoms with Crippen molar-refractivity contribution in [3.63, 3.8) is 0 Å². The van der Waals surface area contributed by atoms with Gasteiger partial charge in [-0.15, -0.1) is 11.3 Å². The van der Waals surface area contributed by atoms with Crippen LogP contribution >= 0.6 is 11.3 Å². The Bertz CT molecular complexity index is 389. The highest BCUT2D eigenvalue weighted by atomic mass is 32.1. The van der Waals surface area contributed by atoms with Crippen molar-refractivity contribution in [2.75, 3.05) is 13.2 Å². The third kappa shape index (κ3) is 5.53. The number of ether oxygens (including phenoxy) is 1. The molecule has 0 aromatic carbocycles. The van der Waals surface area contributed by atoms with Crippen LogP contribution in [0, 0.1) is 0 Å². The van der Waals surface area contributed by atoms with Gasteiger partial charge in [-0.05, 0) is 31.3 Å². The predicted octanol–water partition coefficient (Wildman–Crippen LogP) is 2.64. The molecule has 1 unspecified atom stereocenters. The number of hydrogen-bond donors (Lipinski definition) is 1. The molecule has 0 saturated heterocycles. The maximum atomic E-state index is 12.3. The lowest BCUT2D eigenvalue weighted by Gasteiger charge is -2.16. The van der Waals surface area contributed by atoms with Crippen molar-refractivity contribution >= 4 is 23.1 Å². The number of rotatable bonds is 9. The van der Waals surface area contributed by atoms with Gasteiger partial charge in [0.05, 0.1) is 23.9 Å². The quantitative estimate of drug-likeness (QED) is 0.430. The molecule has 0 spiro atoms. The van der Waals surface area contributed by atoms with Crippen molar-refractivity contribution in [1.82, 2.24) is 5.32 Å². The number of unbranched alkanes of at least 4 members (excludes halogenated alkanes) is 1. The lowest BCUT2D eigenvalue weighted by Crippen LogP contribution is -2.39. The fourth-order valence-electron chi connectivity index (χ4n) is 1.69. The minimum absolute atomic E-state index is 0.0286. The van der Waals surface area contributed by atoms with Crippen molar-refractivity contribution in [3.05, 3.63) is 22.4 Å². The van der Waals surface area contributed by atoms with Crippen LogP contribution in [0.3, 0.4) is 0 Å². The molecule has 1 atom stereocenters. The molecule has 1 rings (SSSR count). The number of thiophene rings is 1. The highest BCUT2D eigenvalue weighted by Crippen LogP contribution is 2.13. The Kier molecular flexibility index (Phi) is 7.36. The fraction of sp³-hybridized carbons (Fsp3) is 0.571. The van der Waals surface area contributed by atoms with Gasteiger partial charge in [0.2, 0.25) is 0 Å². The van der Waals surface area contributed by atoms with E-state index in [4.69, 9.17) is 4.74 Å². The van der Waals surface area contributed by atoms with Gasteiger partial charge in [-0.25, -0.2) is 0 Å². The van der Waals surface area contributed by atoms with E-state index in [-0.39, 0.29) is 18.2 Å². The van der Waals surface area contributed by atoms with Crippen LogP contribution in [-0.4, -0.2) is 30.9 Å². The molecule has 4 nitrogen and oxygen atoms in total. The highest BCUT2D eigenvalue weighted by Gasteiger charge is 2.23. The van der Waals surface area contributed by atoms with Gasteiger partial charge in [-0.3, -0.25) is 9.59 Å². The summed E-state index contributed by atoms with van der Waals surface area (Å²) in [5.74, 6) is -0.361. The standard InChI is InChI=1S/C14H21NO3S/c1-3-5-8-15-11(10-13(16)18-4-2)14(17)12-7-6-9-19-12/h6-7,9,11,15H,3-5,8,10H2,1-2H3. The molecule has 0 fully saturated rings. The Labute approximate surface area is 118 Å². The smallest absolute Gasteiger partial charge is 0.307 e. The van der Waals surface area contributed by atoms with E-state index < -0.39 is 6.04 Å². The summed E-state index contributed by atoms with van der Waals surface area (Å²) in [5, 5.41) is 5.02. The van der Waals surface area contributed by atoms with Crippen molar-refractivity contribution in [1.29, 1.82) is 0 Å². The summed E-state index contributed by atoms with van der Waals surface area (Å²) in [6, 6.07) is 3.14. The molecular formula is C14H21NO3S. The van der Waals surface area contributed by atoms with E-state index in [2.05, 4.69) is 12.2 Å². The summed E-state index contributed by atoms with van der Waals surface area (Å²) in [4.78, 5) is 24.5. The molecule has 0 saturated carbocycles. The Morgan fingerprint density at radius 2 is 2.21 bits per heavy atom. The molecule has 0 aliphatic carbocycles. The van der Waals surface area contributed by atoms with Gasteiger partial charge in [0.25, 0.3) is 0 Å². The predicted molar refractivity (Wildman–Crippen MR) is 76.6 cm³/mol. The van der Waals surface area contributed by atoms with Crippen LogP contribution in [0.2, 0.25) is 0 Å². The first-order valence-corrected chi connectivity index (χ1v) is 7.53. The number of carbonyl (C=O) groups excluding carboxylic acids is 2. The van der Waals surface area contributed by atoms with E-state index in [9.17, 15) is 9.59 Å². The molecular weight excluding hydrogens is 262 g/mol. The summed E-state index contributed by atoms with van der Waals surface area (Å²) in [5.41, 5.74) is 0. The normalized spacial score (nSPS) is 12.1.